The van der Waals surface area contributed by atoms with Crippen molar-refractivity contribution in [2.75, 3.05) is 33.3 Å². The van der Waals surface area contributed by atoms with Crippen molar-refractivity contribution in [3.8, 4) is 0 Å². The molecule has 0 aliphatic carbocycles. The molecule has 2 aromatic rings. The fraction of sp³-hybridized carbons (Fsp3) is 0.658. The molecule has 12 heteroatoms. The standard InChI is InChI=1S/C12H18N4O4.C10H11NO.C10H20O2.C4H10.C2H6/c17-9-5-13-10(18)6-15-12(20)8-3-1-2-4-16(8)11(19)7-14-9;1-8-7-11(12-2)10-6-4-3-5-9(8)10;1-4-6-7-8-10(5-2)12-9(3)11;1-3-4-2;1-2/h8H,1-7H2,(H,13,18)(H,14,17)(H,15,20);3-7H,1-2H3;10H,4-8H2,1-3H3;3-4H2,1-2H3;1-2H3. The van der Waals surface area contributed by atoms with Gasteiger partial charge in [-0.05, 0) is 57.1 Å². The Morgan fingerprint density at radius 1 is 0.880 bits per heavy atom. The highest BCUT2D eigenvalue weighted by Crippen LogP contribution is 2.19. The Hall–Kier alpha value is -4.09. The first-order valence-corrected chi connectivity index (χ1v) is 18.4. The molecule has 0 saturated carbocycles. The van der Waals surface area contributed by atoms with Gasteiger partial charge in [-0.15, -0.1) is 0 Å². The zero-order valence-corrected chi connectivity index (χ0v) is 32.2. The number of rotatable bonds is 8. The van der Waals surface area contributed by atoms with Gasteiger partial charge in [0.05, 0.1) is 25.2 Å². The van der Waals surface area contributed by atoms with E-state index in [2.05, 4.69) is 56.6 Å². The zero-order chi connectivity index (χ0) is 37.9. The molecule has 2 unspecified atom stereocenters. The van der Waals surface area contributed by atoms with E-state index in [-0.39, 0.29) is 43.5 Å². The van der Waals surface area contributed by atoms with Gasteiger partial charge in [0.1, 0.15) is 19.3 Å². The number of unbranched alkanes of at least 4 members (excludes halogenated alkanes) is 3. The molecule has 3 N–H and O–H groups in total. The Balaban J connectivity index is 0.000000695. The third kappa shape index (κ3) is 18.1. The highest BCUT2D eigenvalue weighted by molar-refractivity contribution is 5.94. The van der Waals surface area contributed by atoms with E-state index in [0.29, 0.717) is 13.0 Å². The number of ether oxygens (including phenoxy) is 1. The number of fused-ring (bicyclic) bond motifs is 2. The molecule has 2 aliphatic heterocycles. The average molecular weight is 704 g/mol. The average Bonchev–Trinajstić information content (AvgIpc) is 3.47. The van der Waals surface area contributed by atoms with E-state index in [1.807, 2.05) is 38.2 Å². The van der Waals surface area contributed by atoms with Crippen LogP contribution in [0.3, 0.4) is 0 Å². The minimum Gasteiger partial charge on any atom is -0.463 e. The number of aromatic nitrogens is 1. The summed E-state index contributed by atoms with van der Waals surface area (Å²) >= 11 is 0. The number of carbonyl (C=O) groups excluding carboxylic acids is 5. The van der Waals surface area contributed by atoms with Crippen molar-refractivity contribution in [1.82, 2.24) is 25.6 Å². The van der Waals surface area contributed by atoms with E-state index >= 15 is 0 Å². The van der Waals surface area contributed by atoms with Crippen LogP contribution in [0.25, 0.3) is 10.9 Å². The molecule has 12 nitrogen and oxygen atoms in total. The van der Waals surface area contributed by atoms with Gasteiger partial charge in [0.15, 0.2) is 0 Å². The molecular weight excluding hydrogens is 638 g/mol. The van der Waals surface area contributed by atoms with Gasteiger partial charge in [0, 0.05) is 25.1 Å². The zero-order valence-electron chi connectivity index (χ0n) is 32.2. The topological polar surface area (TPSA) is 148 Å². The van der Waals surface area contributed by atoms with E-state index in [1.54, 1.807) is 11.8 Å². The van der Waals surface area contributed by atoms with Gasteiger partial charge in [-0.2, -0.15) is 4.73 Å². The molecular formula is C38H65N5O7. The first-order chi connectivity index (χ1) is 24.0. The molecule has 3 heterocycles. The molecule has 50 heavy (non-hydrogen) atoms. The van der Waals surface area contributed by atoms with Gasteiger partial charge >= 0.3 is 5.97 Å². The summed E-state index contributed by atoms with van der Waals surface area (Å²) in [6, 6.07) is 7.64. The van der Waals surface area contributed by atoms with Crippen LogP contribution in [0.5, 0.6) is 0 Å². The Morgan fingerprint density at radius 3 is 2.08 bits per heavy atom. The number of piperidine rings is 1. The lowest BCUT2D eigenvalue weighted by Crippen LogP contribution is -2.56. The maximum atomic E-state index is 12.1. The number of para-hydroxylation sites is 1. The maximum absolute atomic E-state index is 12.1. The van der Waals surface area contributed by atoms with Crippen LogP contribution < -0.4 is 20.8 Å². The number of carbonyl (C=O) groups is 5. The van der Waals surface area contributed by atoms with Crippen molar-refractivity contribution in [3.05, 3.63) is 36.0 Å². The Kier molecular flexibility index (Phi) is 25.4. The number of esters is 1. The molecule has 1 aromatic heterocycles. The van der Waals surface area contributed by atoms with Crippen LogP contribution in [0, 0.1) is 6.92 Å². The molecule has 284 valence electrons. The van der Waals surface area contributed by atoms with E-state index in [0.717, 1.165) is 31.2 Å². The second kappa shape index (κ2) is 27.7. The van der Waals surface area contributed by atoms with E-state index in [1.165, 1.54) is 54.9 Å². The molecule has 2 aliphatic rings. The first-order valence-electron chi connectivity index (χ1n) is 18.4. The van der Waals surface area contributed by atoms with Crippen LogP contribution in [-0.4, -0.2) is 84.7 Å². The largest absolute Gasteiger partial charge is 0.463 e. The maximum Gasteiger partial charge on any atom is 0.302 e. The summed E-state index contributed by atoms with van der Waals surface area (Å²) in [5.41, 5.74) is 2.37. The van der Waals surface area contributed by atoms with E-state index < -0.39 is 17.9 Å². The molecule has 1 aromatic carbocycles. The van der Waals surface area contributed by atoms with Gasteiger partial charge in [-0.3, -0.25) is 24.0 Å². The third-order valence-corrected chi connectivity index (χ3v) is 7.92. The van der Waals surface area contributed by atoms with Crippen LogP contribution in [0.15, 0.2) is 30.5 Å². The fourth-order valence-electron chi connectivity index (χ4n) is 5.04. The molecule has 4 amide bonds. The summed E-state index contributed by atoms with van der Waals surface area (Å²) in [5, 5.41) is 8.57. The van der Waals surface area contributed by atoms with Crippen molar-refractivity contribution in [2.24, 2.45) is 0 Å². The first kappa shape index (κ1) is 45.9. The number of benzene rings is 1. The number of nitrogens with one attached hydrogen (secondary N) is 3. The summed E-state index contributed by atoms with van der Waals surface area (Å²) in [6.45, 7) is 16.1. The summed E-state index contributed by atoms with van der Waals surface area (Å²) < 4.78 is 6.89. The SMILES string of the molecule is CC.CCCC.CCCCCC(CC)OC(C)=O.COn1cc(C)c2ccccc21.O=C1CNC(=O)CNC(=O)C2CCCCN2C(=O)CN1. The van der Waals surface area contributed by atoms with Crippen LogP contribution in [-0.2, 0) is 28.7 Å². The lowest BCUT2D eigenvalue weighted by atomic mass is 10.0. The molecule has 2 atom stereocenters. The number of hydrogen-bond acceptors (Lipinski definition) is 7. The van der Waals surface area contributed by atoms with E-state index in [4.69, 9.17) is 9.57 Å². The summed E-state index contributed by atoms with van der Waals surface area (Å²) in [5.74, 6) is -1.60. The summed E-state index contributed by atoms with van der Waals surface area (Å²) in [6.07, 6.45) is 12.6. The van der Waals surface area contributed by atoms with Crippen molar-refractivity contribution in [3.63, 3.8) is 0 Å². The van der Waals surface area contributed by atoms with Crippen LogP contribution in [0.1, 0.15) is 118 Å². The van der Waals surface area contributed by atoms with Gasteiger partial charge in [0.25, 0.3) is 0 Å². The monoisotopic (exact) mass is 703 g/mol. The fourth-order valence-corrected chi connectivity index (χ4v) is 5.04. The normalized spacial score (nSPS) is 16.5. The van der Waals surface area contributed by atoms with Crippen molar-refractivity contribution < 1.29 is 33.5 Å². The quantitative estimate of drug-likeness (QED) is 0.244. The van der Waals surface area contributed by atoms with Crippen LogP contribution >= 0.6 is 0 Å². The predicted octanol–water partition coefficient (Wildman–Crippen LogP) is 5.48. The van der Waals surface area contributed by atoms with Crippen LogP contribution in [0.4, 0.5) is 0 Å². The van der Waals surface area contributed by atoms with Gasteiger partial charge in [-0.25, -0.2) is 0 Å². The molecule has 2 fully saturated rings. The summed E-state index contributed by atoms with van der Waals surface area (Å²) in [4.78, 5) is 64.2. The Bertz CT molecular complexity index is 1240. The number of aryl methyl sites for hydroxylation is 1. The third-order valence-electron chi connectivity index (χ3n) is 7.92. The van der Waals surface area contributed by atoms with Crippen LogP contribution in [0.2, 0.25) is 0 Å². The van der Waals surface area contributed by atoms with Crippen molar-refractivity contribution >= 4 is 40.5 Å². The number of hydrogen-bond donors (Lipinski definition) is 3. The van der Waals surface area contributed by atoms with Gasteiger partial charge < -0.3 is 30.4 Å². The molecule has 2 saturated heterocycles. The Morgan fingerprint density at radius 2 is 1.50 bits per heavy atom. The predicted molar refractivity (Wildman–Crippen MR) is 199 cm³/mol. The highest BCUT2D eigenvalue weighted by atomic mass is 16.6. The van der Waals surface area contributed by atoms with Crippen molar-refractivity contribution in [2.45, 2.75) is 132 Å². The summed E-state index contributed by atoms with van der Waals surface area (Å²) in [7, 11) is 1.67. The molecule has 4 rings (SSSR count). The molecule has 0 spiro atoms. The van der Waals surface area contributed by atoms with Crippen molar-refractivity contribution in [1.29, 1.82) is 0 Å². The Labute approximate surface area is 300 Å². The minimum atomic E-state index is -0.555. The lowest BCUT2D eigenvalue weighted by molar-refractivity contribution is -0.146. The van der Waals surface area contributed by atoms with Gasteiger partial charge in [-0.1, -0.05) is 85.4 Å². The van der Waals surface area contributed by atoms with Gasteiger partial charge in [0.2, 0.25) is 23.6 Å². The smallest absolute Gasteiger partial charge is 0.302 e. The second-order valence-corrected chi connectivity index (χ2v) is 11.8. The second-order valence-electron chi connectivity index (χ2n) is 11.8. The lowest BCUT2D eigenvalue weighted by Gasteiger charge is -2.35. The number of nitrogens with zero attached hydrogens (tertiary/aromatic N) is 2. The van der Waals surface area contributed by atoms with E-state index in [9.17, 15) is 24.0 Å². The highest BCUT2D eigenvalue weighted by Gasteiger charge is 2.32. The molecule has 0 bridgehead atoms. The minimum absolute atomic E-state index is 0.147. The molecule has 0 radical (unpaired) electrons. The number of amides is 4.